The third kappa shape index (κ3) is 4.38. The highest BCUT2D eigenvalue weighted by atomic mass is 32.2. The van der Waals surface area contributed by atoms with Crippen molar-refractivity contribution in [2.24, 2.45) is 0 Å². The Kier molecular flexibility index (Phi) is 5.78. The van der Waals surface area contributed by atoms with Crippen molar-refractivity contribution in [3.8, 4) is 5.69 Å². The van der Waals surface area contributed by atoms with Crippen molar-refractivity contribution in [2.75, 3.05) is 0 Å². The van der Waals surface area contributed by atoms with E-state index in [1.165, 1.54) is 24.3 Å². The molecule has 12 heteroatoms. The van der Waals surface area contributed by atoms with Gasteiger partial charge in [-0.05, 0) is 62.5 Å². The summed E-state index contributed by atoms with van der Waals surface area (Å²) in [5.74, 6) is -0.543. The van der Waals surface area contributed by atoms with Crippen LogP contribution in [0.2, 0.25) is 0 Å². The highest BCUT2D eigenvalue weighted by Gasteiger charge is 2.19. The van der Waals surface area contributed by atoms with E-state index in [0.717, 1.165) is 4.68 Å². The number of sulfonamides is 1. The molecule has 4 aromatic rings. The minimum atomic E-state index is -4.08. The number of aryl methyl sites for hydroxylation is 2. The lowest BCUT2D eigenvalue weighted by molar-refractivity contribution is 0.0977. The summed E-state index contributed by atoms with van der Waals surface area (Å²) < 4.78 is 33.8. The first-order chi connectivity index (χ1) is 15.7. The van der Waals surface area contributed by atoms with Crippen LogP contribution in [0.1, 0.15) is 21.7 Å². The molecule has 168 valence electrons. The fourth-order valence-corrected chi connectivity index (χ4v) is 4.46. The highest BCUT2D eigenvalue weighted by molar-refractivity contribution is 7.91. The van der Waals surface area contributed by atoms with Crippen molar-refractivity contribution in [1.29, 1.82) is 0 Å². The van der Waals surface area contributed by atoms with Crippen LogP contribution in [0.3, 0.4) is 0 Å². The molecule has 1 amide bonds. The van der Waals surface area contributed by atoms with Gasteiger partial charge in [0.15, 0.2) is 10.7 Å². The minimum absolute atomic E-state index is 0.116. The van der Waals surface area contributed by atoms with Gasteiger partial charge in [-0.1, -0.05) is 23.4 Å². The zero-order valence-corrected chi connectivity index (χ0v) is 19.0. The predicted molar refractivity (Wildman–Crippen MR) is 124 cm³/mol. The van der Waals surface area contributed by atoms with Gasteiger partial charge in [-0.25, -0.2) is 8.42 Å². The first-order valence-corrected chi connectivity index (χ1v) is 11.5. The van der Waals surface area contributed by atoms with Crippen molar-refractivity contribution in [3.05, 3.63) is 81.9 Å². The van der Waals surface area contributed by atoms with Gasteiger partial charge in [0, 0.05) is 5.56 Å². The first-order valence-electron chi connectivity index (χ1n) is 9.57. The summed E-state index contributed by atoms with van der Waals surface area (Å²) in [6.07, 6.45) is 0. The van der Waals surface area contributed by atoms with Crippen LogP contribution in [0.15, 0.2) is 68.8 Å². The first kappa shape index (κ1) is 22.3. The molecule has 0 aliphatic rings. The highest BCUT2D eigenvalue weighted by Crippen LogP contribution is 2.18. The van der Waals surface area contributed by atoms with Gasteiger partial charge < -0.3 is 4.52 Å². The fourth-order valence-electron chi connectivity index (χ4n) is 3.13. The number of carbonyl (C=O) groups excluding carboxylic acids is 1. The molecule has 4 rings (SSSR count). The number of rotatable bonds is 4. The van der Waals surface area contributed by atoms with Crippen LogP contribution in [0.25, 0.3) is 16.7 Å². The lowest BCUT2D eigenvalue weighted by atomic mass is 10.2. The Balaban J connectivity index is 1.55. The average Bonchev–Trinajstić information content (AvgIpc) is 3.19. The maximum Gasteiger partial charge on any atom is 0.284 e. The number of thiocarbonyl (C=S) groups is 1. The van der Waals surface area contributed by atoms with E-state index in [4.69, 9.17) is 16.7 Å². The van der Waals surface area contributed by atoms with Crippen LogP contribution in [0.5, 0.6) is 0 Å². The molecule has 0 radical (unpaired) electrons. The molecule has 2 heterocycles. The van der Waals surface area contributed by atoms with Gasteiger partial charge in [-0.15, -0.1) is 0 Å². The smallest absolute Gasteiger partial charge is 0.284 e. The topological polar surface area (TPSA) is 136 Å². The second kappa shape index (κ2) is 8.56. The lowest BCUT2D eigenvalue weighted by Crippen LogP contribution is -2.42. The van der Waals surface area contributed by atoms with E-state index in [9.17, 15) is 18.0 Å². The van der Waals surface area contributed by atoms with E-state index in [-0.39, 0.29) is 10.0 Å². The number of nitrogens with zero attached hydrogens (tertiary/aromatic N) is 3. The summed E-state index contributed by atoms with van der Waals surface area (Å²) >= 11 is 4.97. The summed E-state index contributed by atoms with van der Waals surface area (Å²) in [7, 11) is -4.08. The van der Waals surface area contributed by atoms with Crippen LogP contribution < -0.4 is 15.6 Å². The predicted octanol–water partition coefficient (Wildman–Crippen LogP) is 1.98. The molecule has 0 spiro atoms. The van der Waals surface area contributed by atoms with Crippen molar-refractivity contribution in [1.82, 2.24) is 25.0 Å². The number of hydrogen-bond acceptors (Lipinski definition) is 8. The van der Waals surface area contributed by atoms with E-state index >= 15 is 0 Å². The van der Waals surface area contributed by atoms with E-state index in [1.54, 1.807) is 44.2 Å². The molecule has 0 bridgehead atoms. The van der Waals surface area contributed by atoms with E-state index in [0.29, 0.717) is 33.6 Å². The maximum atomic E-state index is 12.8. The molecule has 0 aliphatic carbocycles. The van der Waals surface area contributed by atoms with Crippen LogP contribution in [0.4, 0.5) is 0 Å². The average molecular weight is 484 g/mol. The Bertz CT molecular complexity index is 1540. The molecular weight excluding hydrogens is 466 g/mol. The number of fused-ring (bicyclic) bond motifs is 1. The molecule has 0 fully saturated rings. The second-order valence-electron chi connectivity index (χ2n) is 7.02. The molecule has 0 unspecified atom stereocenters. The van der Waals surface area contributed by atoms with Crippen molar-refractivity contribution < 1.29 is 17.7 Å². The molecule has 0 saturated carbocycles. The van der Waals surface area contributed by atoms with Gasteiger partial charge in [0.25, 0.3) is 21.5 Å². The Morgan fingerprint density at radius 3 is 2.36 bits per heavy atom. The van der Waals surface area contributed by atoms with Crippen LogP contribution >= 0.6 is 12.2 Å². The summed E-state index contributed by atoms with van der Waals surface area (Å²) in [5, 5.41) is 10.3. The molecule has 0 atom stereocenters. The summed E-state index contributed by atoms with van der Waals surface area (Å²) in [6, 6.07) is 13.7. The lowest BCUT2D eigenvalue weighted by Gasteiger charge is -2.11. The minimum Gasteiger partial charge on any atom is -0.354 e. The van der Waals surface area contributed by atoms with Crippen molar-refractivity contribution >= 4 is 44.2 Å². The van der Waals surface area contributed by atoms with Gasteiger partial charge in [0.05, 0.1) is 16.3 Å². The van der Waals surface area contributed by atoms with Crippen LogP contribution in [0, 0.1) is 13.8 Å². The Labute approximate surface area is 193 Å². The molecule has 33 heavy (non-hydrogen) atoms. The van der Waals surface area contributed by atoms with E-state index < -0.39 is 21.5 Å². The summed E-state index contributed by atoms with van der Waals surface area (Å²) in [6.45, 7) is 3.33. The molecule has 2 N–H and O–H groups in total. The zero-order valence-electron chi connectivity index (χ0n) is 17.4. The third-order valence-electron chi connectivity index (χ3n) is 4.73. The summed E-state index contributed by atoms with van der Waals surface area (Å²) in [4.78, 5) is 24.9. The normalized spacial score (nSPS) is 11.3. The van der Waals surface area contributed by atoms with Gasteiger partial charge in [-0.2, -0.15) is 9.78 Å². The number of amides is 1. The van der Waals surface area contributed by atoms with Crippen molar-refractivity contribution in [2.45, 2.75) is 18.7 Å². The van der Waals surface area contributed by atoms with E-state index in [1.807, 2.05) is 0 Å². The maximum absolute atomic E-state index is 12.8. The largest absolute Gasteiger partial charge is 0.354 e. The number of nitrogens with one attached hydrogen (secondary N) is 2. The molecule has 2 aromatic heterocycles. The molecular formula is C21H17N5O5S2. The molecule has 10 nitrogen and oxygen atoms in total. The zero-order chi connectivity index (χ0) is 23.8. The second-order valence-corrected chi connectivity index (χ2v) is 9.11. The monoisotopic (exact) mass is 483 g/mol. The Morgan fingerprint density at radius 2 is 1.70 bits per heavy atom. The molecule has 2 aromatic carbocycles. The fraction of sp³-hybridized carbons (Fsp3) is 0.0952. The number of aromatic nitrogens is 3. The van der Waals surface area contributed by atoms with Crippen LogP contribution in [-0.2, 0) is 10.0 Å². The standard InChI is InChI=1S/C21H17N5O5S2/c1-12-17-18(31-24-12)13(2)23-26(20(17)28)15-8-10-16(11-9-15)33(29,30)25-21(32)22-19(27)14-6-4-3-5-7-14/h3-11H,1-2H3,(H2,22,25,27,32). The number of benzene rings is 2. The van der Waals surface area contributed by atoms with Gasteiger partial charge in [-0.3, -0.25) is 19.6 Å². The quantitative estimate of drug-likeness (QED) is 0.421. The van der Waals surface area contributed by atoms with Gasteiger partial charge in [0.1, 0.15) is 11.1 Å². The molecule has 0 aliphatic heterocycles. The SMILES string of the molecule is Cc1nn(-c2ccc(S(=O)(=O)NC(=S)NC(=O)c3ccccc3)cc2)c(=O)c2c(C)noc12. The summed E-state index contributed by atoms with van der Waals surface area (Å²) in [5.41, 5.74) is 1.45. The van der Waals surface area contributed by atoms with Crippen LogP contribution in [-0.4, -0.2) is 34.4 Å². The van der Waals surface area contributed by atoms with Gasteiger partial charge >= 0.3 is 0 Å². The van der Waals surface area contributed by atoms with Gasteiger partial charge in [0.2, 0.25) is 0 Å². The Hall–Kier alpha value is -3.90. The third-order valence-corrected chi connectivity index (χ3v) is 6.43. The number of carbonyl (C=O) groups is 1. The van der Waals surface area contributed by atoms with Crippen molar-refractivity contribution in [3.63, 3.8) is 0 Å². The Morgan fingerprint density at radius 1 is 1.03 bits per heavy atom. The van der Waals surface area contributed by atoms with E-state index in [2.05, 4.69) is 20.3 Å². The molecule has 0 saturated heterocycles. The number of hydrogen-bond donors (Lipinski definition) is 2.